The average Bonchev–Trinajstić information content (AvgIpc) is 2.60. The van der Waals surface area contributed by atoms with E-state index in [0.29, 0.717) is 36.8 Å². The fourth-order valence-electron chi connectivity index (χ4n) is 2.37. The third-order valence-corrected chi connectivity index (χ3v) is 3.66. The second-order valence-electron chi connectivity index (χ2n) is 5.29. The first-order valence-electron chi connectivity index (χ1n) is 7.80. The number of carbonyl (C=O) groups is 1. The van der Waals surface area contributed by atoms with Crippen molar-refractivity contribution in [2.45, 2.75) is 13.3 Å². The van der Waals surface area contributed by atoms with Gasteiger partial charge in [-0.05, 0) is 30.2 Å². The number of rotatable bonds is 8. The Morgan fingerprint density at radius 2 is 1.75 bits per heavy atom. The molecule has 0 aliphatic rings. The maximum Gasteiger partial charge on any atom is 0.224 e. The summed E-state index contributed by atoms with van der Waals surface area (Å²) in [6.07, 6.45) is 0.370. The lowest BCUT2D eigenvalue weighted by Crippen LogP contribution is -2.29. The molecule has 0 aromatic heterocycles. The molecule has 0 aliphatic heterocycles. The van der Waals surface area contributed by atoms with Crippen LogP contribution in [-0.2, 0) is 11.2 Å². The third kappa shape index (κ3) is 4.65. The molecule has 0 unspecified atom stereocenters. The Morgan fingerprint density at radius 1 is 1.00 bits per heavy atom. The minimum atomic E-state index is -0.0227. The zero-order valence-electron chi connectivity index (χ0n) is 14.3. The smallest absolute Gasteiger partial charge is 0.224 e. The van der Waals surface area contributed by atoms with E-state index in [0.717, 1.165) is 11.1 Å². The maximum absolute atomic E-state index is 12.0. The van der Waals surface area contributed by atoms with Crippen LogP contribution in [0, 0.1) is 6.92 Å². The molecule has 0 fully saturated rings. The van der Waals surface area contributed by atoms with Gasteiger partial charge in [-0.1, -0.05) is 30.3 Å². The lowest BCUT2D eigenvalue weighted by Gasteiger charge is -2.13. The van der Waals surface area contributed by atoms with Gasteiger partial charge in [0.15, 0.2) is 11.5 Å². The summed E-state index contributed by atoms with van der Waals surface area (Å²) in [7, 11) is 3.14. The molecular formula is C19H23NO4. The standard InChI is InChI=1S/C19H23NO4/c1-14-7-4-5-8-15(14)13-18(21)20-11-12-24-17-10-6-9-16(22-2)19(17)23-3/h4-10H,11-13H2,1-3H3,(H,20,21). The predicted octanol–water partition coefficient (Wildman–Crippen LogP) is 2.75. The van der Waals surface area contributed by atoms with Crippen molar-refractivity contribution in [1.82, 2.24) is 5.32 Å². The van der Waals surface area contributed by atoms with E-state index in [4.69, 9.17) is 14.2 Å². The van der Waals surface area contributed by atoms with E-state index in [2.05, 4.69) is 5.32 Å². The van der Waals surface area contributed by atoms with Crippen LogP contribution in [0.25, 0.3) is 0 Å². The molecule has 5 nitrogen and oxygen atoms in total. The van der Waals surface area contributed by atoms with Crippen LogP contribution in [0.1, 0.15) is 11.1 Å². The largest absolute Gasteiger partial charge is 0.493 e. The summed E-state index contributed by atoms with van der Waals surface area (Å²) in [4.78, 5) is 12.0. The van der Waals surface area contributed by atoms with Gasteiger partial charge in [-0.2, -0.15) is 0 Å². The number of nitrogens with one attached hydrogen (secondary N) is 1. The van der Waals surface area contributed by atoms with Crippen molar-refractivity contribution in [3.8, 4) is 17.2 Å². The number of para-hydroxylation sites is 1. The molecule has 2 rings (SSSR count). The summed E-state index contributed by atoms with van der Waals surface area (Å²) < 4.78 is 16.2. The summed E-state index contributed by atoms with van der Waals surface area (Å²) in [6.45, 7) is 2.77. The van der Waals surface area contributed by atoms with Gasteiger partial charge in [0.1, 0.15) is 6.61 Å². The zero-order chi connectivity index (χ0) is 17.4. The fourth-order valence-corrected chi connectivity index (χ4v) is 2.37. The zero-order valence-corrected chi connectivity index (χ0v) is 14.3. The van der Waals surface area contributed by atoms with Gasteiger partial charge in [-0.15, -0.1) is 0 Å². The summed E-state index contributed by atoms with van der Waals surface area (Å²) in [5.41, 5.74) is 2.15. The Balaban J connectivity index is 1.81. The van der Waals surface area contributed by atoms with Gasteiger partial charge >= 0.3 is 0 Å². The number of methoxy groups -OCH3 is 2. The van der Waals surface area contributed by atoms with E-state index in [-0.39, 0.29) is 5.91 Å². The molecule has 0 spiro atoms. The molecule has 0 heterocycles. The molecule has 0 saturated carbocycles. The molecule has 0 aliphatic carbocycles. The van der Waals surface area contributed by atoms with Gasteiger partial charge in [0.2, 0.25) is 11.7 Å². The first-order valence-corrected chi connectivity index (χ1v) is 7.80. The quantitative estimate of drug-likeness (QED) is 0.757. The fraction of sp³-hybridized carbons (Fsp3) is 0.316. The Morgan fingerprint density at radius 3 is 2.46 bits per heavy atom. The van der Waals surface area contributed by atoms with Crippen LogP contribution in [0.15, 0.2) is 42.5 Å². The van der Waals surface area contributed by atoms with Crippen molar-refractivity contribution < 1.29 is 19.0 Å². The Labute approximate surface area is 142 Å². The maximum atomic E-state index is 12.0. The topological polar surface area (TPSA) is 56.8 Å². The number of amides is 1. The van der Waals surface area contributed by atoms with Gasteiger partial charge in [0, 0.05) is 0 Å². The van der Waals surface area contributed by atoms with Crippen molar-refractivity contribution in [2.75, 3.05) is 27.4 Å². The molecule has 24 heavy (non-hydrogen) atoms. The number of carbonyl (C=O) groups excluding carboxylic acids is 1. The Bertz CT molecular complexity index is 685. The molecule has 0 bridgehead atoms. The average molecular weight is 329 g/mol. The highest BCUT2D eigenvalue weighted by molar-refractivity contribution is 5.78. The number of benzene rings is 2. The molecule has 1 N–H and O–H groups in total. The third-order valence-electron chi connectivity index (χ3n) is 3.66. The molecule has 2 aromatic rings. The summed E-state index contributed by atoms with van der Waals surface area (Å²) in [5, 5.41) is 2.86. The van der Waals surface area contributed by atoms with E-state index in [1.54, 1.807) is 26.4 Å². The van der Waals surface area contributed by atoms with Gasteiger partial charge in [0.05, 0.1) is 27.2 Å². The highest BCUT2D eigenvalue weighted by Gasteiger charge is 2.10. The van der Waals surface area contributed by atoms with Crippen LogP contribution in [0.5, 0.6) is 17.2 Å². The van der Waals surface area contributed by atoms with Gasteiger partial charge in [0.25, 0.3) is 0 Å². The van der Waals surface area contributed by atoms with Crippen molar-refractivity contribution >= 4 is 5.91 Å². The summed E-state index contributed by atoms with van der Waals surface area (Å²) in [5.74, 6) is 1.72. The lowest BCUT2D eigenvalue weighted by atomic mass is 10.1. The van der Waals surface area contributed by atoms with E-state index >= 15 is 0 Å². The first-order chi connectivity index (χ1) is 11.7. The van der Waals surface area contributed by atoms with E-state index < -0.39 is 0 Å². The highest BCUT2D eigenvalue weighted by atomic mass is 16.5. The van der Waals surface area contributed by atoms with Crippen LogP contribution in [-0.4, -0.2) is 33.3 Å². The van der Waals surface area contributed by atoms with E-state index in [1.165, 1.54) is 0 Å². The molecule has 2 aromatic carbocycles. The van der Waals surface area contributed by atoms with E-state index in [1.807, 2.05) is 37.3 Å². The second kappa shape index (κ2) is 8.82. The molecule has 0 radical (unpaired) electrons. The van der Waals surface area contributed by atoms with Crippen LogP contribution >= 0.6 is 0 Å². The monoisotopic (exact) mass is 329 g/mol. The van der Waals surface area contributed by atoms with E-state index in [9.17, 15) is 4.79 Å². The van der Waals surface area contributed by atoms with Crippen molar-refractivity contribution in [3.63, 3.8) is 0 Å². The highest BCUT2D eigenvalue weighted by Crippen LogP contribution is 2.36. The number of hydrogen-bond acceptors (Lipinski definition) is 4. The summed E-state index contributed by atoms with van der Waals surface area (Å²) >= 11 is 0. The Kier molecular flexibility index (Phi) is 6.49. The Hall–Kier alpha value is -2.69. The lowest BCUT2D eigenvalue weighted by molar-refractivity contribution is -0.120. The van der Waals surface area contributed by atoms with Gasteiger partial charge in [-0.3, -0.25) is 4.79 Å². The molecule has 128 valence electrons. The molecular weight excluding hydrogens is 306 g/mol. The van der Waals surface area contributed by atoms with Crippen LogP contribution in [0.2, 0.25) is 0 Å². The van der Waals surface area contributed by atoms with Gasteiger partial charge < -0.3 is 19.5 Å². The van der Waals surface area contributed by atoms with Crippen LogP contribution in [0.4, 0.5) is 0 Å². The number of ether oxygens (including phenoxy) is 3. The first kappa shape index (κ1) is 17.7. The molecule has 0 saturated heterocycles. The molecule has 1 amide bonds. The van der Waals surface area contributed by atoms with Gasteiger partial charge in [-0.25, -0.2) is 0 Å². The predicted molar refractivity (Wildman–Crippen MR) is 92.9 cm³/mol. The second-order valence-corrected chi connectivity index (χ2v) is 5.29. The normalized spacial score (nSPS) is 10.1. The number of hydrogen-bond donors (Lipinski definition) is 1. The minimum absolute atomic E-state index is 0.0227. The van der Waals surface area contributed by atoms with Crippen LogP contribution in [0.3, 0.4) is 0 Å². The van der Waals surface area contributed by atoms with Crippen molar-refractivity contribution in [2.24, 2.45) is 0 Å². The van der Waals surface area contributed by atoms with Crippen LogP contribution < -0.4 is 19.5 Å². The molecule has 0 atom stereocenters. The number of aryl methyl sites for hydroxylation is 1. The SMILES string of the molecule is COc1cccc(OCCNC(=O)Cc2ccccc2C)c1OC. The molecule has 5 heteroatoms. The van der Waals surface area contributed by atoms with Crippen molar-refractivity contribution in [3.05, 3.63) is 53.6 Å². The van der Waals surface area contributed by atoms with Crippen molar-refractivity contribution in [1.29, 1.82) is 0 Å². The minimum Gasteiger partial charge on any atom is -0.493 e. The summed E-state index contributed by atoms with van der Waals surface area (Å²) in [6, 6.07) is 13.3.